The summed E-state index contributed by atoms with van der Waals surface area (Å²) in [4.78, 5) is 0. The lowest BCUT2D eigenvalue weighted by molar-refractivity contribution is 0.0489. The Morgan fingerprint density at radius 3 is 2.67 bits per heavy atom. The second-order valence-electron chi connectivity index (χ2n) is 5.19. The third-order valence-electron chi connectivity index (χ3n) is 3.21. The molecule has 1 rings (SSSR count). The third kappa shape index (κ3) is 4.19. The van der Waals surface area contributed by atoms with Crippen LogP contribution in [0.25, 0.3) is 0 Å². The van der Waals surface area contributed by atoms with Crippen molar-refractivity contribution in [2.24, 2.45) is 5.41 Å². The van der Waals surface area contributed by atoms with Crippen molar-refractivity contribution in [1.29, 1.82) is 5.26 Å². The number of nitrogens with zero attached hydrogens (tertiary/aromatic N) is 1. The van der Waals surface area contributed by atoms with Crippen LogP contribution in [-0.2, 0) is 0 Å². The highest BCUT2D eigenvalue weighted by molar-refractivity contribution is 5.00. The van der Waals surface area contributed by atoms with Gasteiger partial charge in [0.15, 0.2) is 0 Å². The van der Waals surface area contributed by atoms with Crippen LogP contribution in [0, 0.1) is 16.7 Å². The summed E-state index contributed by atoms with van der Waals surface area (Å²) in [5.41, 5.74) is -0.367. The van der Waals surface area contributed by atoms with Gasteiger partial charge in [0.25, 0.3) is 0 Å². The van der Waals surface area contributed by atoms with Gasteiger partial charge in [-0.3, -0.25) is 0 Å². The van der Waals surface area contributed by atoms with E-state index < -0.39 is 5.60 Å². The van der Waals surface area contributed by atoms with Gasteiger partial charge in [-0.25, -0.2) is 0 Å². The predicted molar refractivity (Wildman–Crippen MR) is 60.3 cm³/mol. The Hall–Kier alpha value is -0.590. The van der Waals surface area contributed by atoms with Gasteiger partial charge in [0.1, 0.15) is 0 Å². The van der Waals surface area contributed by atoms with Gasteiger partial charge in [0, 0.05) is 19.5 Å². The summed E-state index contributed by atoms with van der Waals surface area (Å²) in [6.45, 7) is 5.45. The first-order chi connectivity index (χ1) is 7.04. The molecular formula is C12H22N2O. The molecule has 0 heterocycles. The minimum atomic E-state index is -0.600. The molecule has 86 valence electrons. The van der Waals surface area contributed by atoms with Crippen LogP contribution >= 0.6 is 0 Å². The molecule has 1 atom stereocenters. The fourth-order valence-corrected chi connectivity index (χ4v) is 1.98. The van der Waals surface area contributed by atoms with Crippen LogP contribution in [-0.4, -0.2) is 23.8 Å². The number of hydrogen-bond acceptors (Lipinski definition) is 3. The molecule has 0 amide bonds. The van der Waals surface area contributed by atoms with Crippen molar-refractivity contribution in [3.05, 3.63) is 0 Å². The molecule has 3 heteroatoms. The van der Waals surface area contributed by atoms with Crippen molar-refractivity contribution in [2.45, 2.75) is 51.6 Å². The summed E-state index contributed by atoms with van der Waals surface area (Å²) in [6, 6.07) is 2.24. The van der Waals surface area contributed by atoms with Crippen LogP contribution in [0.4, 0.5) is 0 Å². The molecule has 0 saturated heterocycles. The molecule has 0 radical (unpaired) electrons. The monoisotopic (exact) mass is 210 g/mol. The molecule has 1 fully saturated rings. The van der Waals surface area contributed by atoms with E-state index in [9.17, 15) is 5.11 Å². The lowest BCUT2D eigenvalue weighted by Gasteiger charge is -2.24. The third-order valence-corrected chi connectivity index (χ3v) is 3.21. The van der Waals surface area contributed by atoms with Crippen molar-refractivity contribution >= 4 is 0 Å². The van der Waals surface area contributed by atoms with E-state index in [0.717, 1.165) is 32.2 Å². The fraction of sp³-hybridized carbons (Fsp3) is 0.917. The zero-order chi connectivity index (χ0) is 11.4. The molecular weight excluding hydrogens is 188 g/mol. The van der Waals surface area contributed by atoms with Crippen LogP contribution in [0.2, 0.25) is 0 Å². The van der Waals surface area contributed by atoms with E-state index in [1.165, 1.54) is 0 Å². The summed E-state index contributed by atoms with van der Waals surface area (Å²) in [5, 5.41) is 21.9. The quantitative estimate of drug-likeness (QED) is 0.674. The van der Waals surface area contributed by atoms with Crippen molar-refractivity contribution in [3.63, 3.8) is 0 Å². The molecule has 1 saturated carbocycles. The minimum Gasteiger partial charge on any atom is -0.389 e. The van der Waals surface area contributed by atoms with Crippen LogP contribution in [0.15, 0.2) is 0 Å². The van der Waals surface area contributed by atoms with E-state index >= 15 is 0 Å². The molecule has 0 aliphatic heterocycles. The molecule has 1 aliphatic rings. The van der Waals surface area contributed by atoms with Gasteiger partial charge in [-0.05, 0) is 31.6 Å². The topological polar surface area (TPSA) is 56.0 Å². The Labute approximate surface area is 92.5 Å². The van der Waals surface area contributed by atoms with Gasteiger partial charge in [-0.15, -0.1) is 0 Å². The maximum atomic E-state index is 9.93. The molecule has 0 aromatic rings. The molecule has 0 spiro atoms. The molecule has 3 nitrogen and oxygen atoms in total. The Balaban J connectivity index is 2.19. The van der Waals surface area contributed by atoms with Gasteiger partial charge < -0.3 is 10.4 Å². The van der Waals surface area contributed by atoms with Crippen LogP contribution < -0.4 is 5.32 Å². The second-order valence-corrected chi connectivity index (χ2v) is 5.19. The van der Waals surface area contributed by atoms with Crippen LogP contribution in [0.1, 0.15) is 46.0 Å². The van der Waals surface area contributed by atoms with Crippen molar-refractivity contribution in [1.82, 2.24) is 5.32 Å². The maximum absolute atomic E-state index is 9.93. The summed E-state index contributed by atoms with van der Waals surface area (Å²) in [6.07, 6.45) is 4.78. The Bertz CT molecular complexity index is 238. The predicted octanol–water partition coefficient (Wildman–Crippen LogP) is 1.82. The van der Waals surface area contributed by atoms with E-state index in [1.807, 2.05) is 6.92 Å². The molecule has 0 aromatic heterocycles. The van der Waals surface area contributed by atoms with Crippen molar-refractivity contribution < 1.29 is 5.11 Å². The molecule has 0 aromatic carbocycles. The van der Waals surface area contributed by atoms with Crippen molar-refractivity contribution in [3.8, 4) is 6.07 Å². The molecule has 1 unspecified atom stereocenters. The van der Waals surface area contributed by atoms with Crippen LogP contribution in [0.5, 0.6) is 0 Å². The first-order valence-electron chi connectivity index (χ1n) is 5.84. The summed E-state index contributed by atoms with van der Waals surface area (Å²) in [7, 11) is 0. The number of hydrogen-bond donors (Lipinski definition) is 2. The summed E-state index contributed by atoms with van der Waals surface area (Å²) in [5.74, 6) is 0. The smallest absolute Gasteiger partial charge is 0.0743 e. The lowest BCUT2D eigenvalue weighted by Crippen LogP contribution is -2.39. The van der Waals surface area contributed by atoms with E-state index in [2.05, 4.69) is 18.3 Å². The Morgan fingerprint density at radius 1 is 1.53 bits per heavy atom. The Kier molecular flexibility index (Phi) is 4.12. The van der Waals surface area contributed by atoms with E-state index in [1.54, 1.807) is 0 Å². The number of nitriles is 1. The lowest BCUT2D eigenvalue weighted by atomic mass is 9.99. The number of rotatable bonds is 7. The van der Waals surface area contributed by atoms with E-state index in [4.69, 9.17) is 5.26 Å². The van der Waals surface area contributed by atoms with E-state index in [0.29, 0.717) is 13.0 Å². The fourth-order valence-electron chi connectivity index (χ4n) is 1.98. The number of aliphatic hydroxyl groups is 1. The van der Waals surface area contributed by atoms with E-state index in [-0.39, 0.29) is 5.41 Å². The molecule has 15 heavy (non-hydrogen) atoms. The zero-order valence-corrected chi connectivity index (χ0v) is 9.84. The average molecular weight is 210 g/mol. The second kappa shape index (κ2) is 4.96. The molecule has 0 bridgehead atoms. The maximum Gasteiger partial charge on any atom is 0.0743 e. The highest BCUT2D eigenvalue weighted by Crippen LogP contribution is 2.47. The van der Waals surface area contributed by atoms with Crippen LogP contribution in [0.3, 0.4) is 0 Å². The Morgan fingerprint density at radius 2 is 2.20 bits per heavy atom. The molecule has 2 N–H and O–H groups in total. The normalized spacial score (nSPS) is 21.7. The van der Waals surface area contributed by atoms with Gasteiger partial charge in [-0.1, -0.05) is 13.3 Å². The first kappa shape index (κ1) is 12.5. The largest absolute Gasteiger partial charge is 0.389 e. The van der Waals surface area contributed by atoms with Gasteiger partial charge in [0.05, 0.1) is 11.7 Å². The number of nitrogens with one attached hydrogen (secondary N) is 1. The summed E-state index contributed by atoms with van der Waals surface area (Å²) >= 11 is 0. The average Bonchev–Trinajstić information content (AvgIpc) is 2.85. The van der Waals surface area contributed by atoms with Gasteiger partial charge >= 0.3 is 0 Å². The highest BCUT2D eigenvalue weighted by Gasteiger charge is 2.42. The summed E-state index contributed by atoms with van der Waals surface area (Å²) < 4.78 is 0. The zero-order valence-electron chi connectivity index (χ0n) is 9.84. The molecule has 1 aliphatic carbocycles. The van der Waals surface area contributed by atoms with Crippen molar-refractivity contribution in [2.75, 3.05) is 13.1 Å². The van der Waals surface area contributed by atoms with Gasteiger partial charge in [-0.2, -0.15) is 5.26 Å². The first-order valence-corrected chi connectivity index (χ1v) is 5.84. The highest BCUT2D eigenvalue weighted by atomic mass is 16.3. The SMILES string of the molecule is CCCC(C)(O)CNCC1(CC#N)CC1. The minimum absolute atomic E-state index is 0.233. The standard InChI is InChI=1S/C12H22N2O/c1-3-4-11(2,15)9-14-10-12(5-6-12)7-8-13/h14-15H,3-7,9-10H2,1-2H3. The van der Waals surface area contributed by atoms with Gasteiger partial charge in [0.2, 0.25) is 0 Å².